The third-order valence-corrected chi connectivity index (χ3v) is 1.39. The number of hydrogen-bond donors (Lipinski definition) is 3. The van der Waals surface area contributed by atoms with Gasteiger partial charge in [-0.05, 0) is 13.1 Å². The second-order valence-corrected chi connectivity index (χ2v) is 2.28. The lowest BCUT2D eigenvalue weighted by molar-refractivity contribution is 1.13. The van der Waals surface area contributed by atoms with Crippen molar-refractivity contribution in [2.75, 3.05) is 16.8 Å². The van der Waals surface area contributed by atoms with E-state index in [9.17, 15) is 0 Å². The second-order valence-electron chi connectivity index (χ2n) is 2.28. The summed E-state index contributed by atoms with van der Waals surface area (Å²) in [4.78, 5) is 7.77. The van der Waals surface area contributed by atoms with Gasteiger partial charge in [-0.1, -0.05) is 6.58 Å². The summed E-state index contributed by atoms with van der Waals surface area (Å²) >= 11 is 0. The van der Waals surface area contributed by atoms with E-state index in [1.807, 2.05) is 0 Å². The quantitative estimate of drug-likeness (QED) is 0.593. The molecule has 0 amide bonds. The van der Waals surface area contributed by atoms with E-state index in [-0.39, 0.29) is 5.95 Å². The molecular formula is C7H11N5. The molecule has 5 nitrogen and oxygen atoms in total. The van der Waals surface area contributed by atoms with E-state index in [1.54, 1.807) is 6.92 Å². The summed E-state index contributed by atoms with van der Waals surface area (Å²) in [6.45, 7) is 5.25. The lowest BCUT2D eigenvalue weighted by atomic mass is 10.3. The van der Waals surface area contributed by atoms with Crippen molar-refractivity contribution >= 4 is 17.5 Å². The van der Waals surface area contributed by atoms with E-state index >= 15 is 0 Å². The first kappa shape index (κ1) is 8.32. The van der Waals surface area contributed by atoms with Crippen molar-refractivity contribution in [3.8, 4) is 0 Å². The molecule has 0 aliphatic rings. The number of rotatable bonds is 2. The molecule has 0 radical (unpaired) electrons. The van der Waals surface area contributed by atoms with Crippen LogP contribution in [0, 0.1) is 6.92 Å². The molecule has 1 aromatic rings. The zero-order chi connectivity index (χ0) is 9.14. The van der Waals surface area contributed by atoms with Crippen molar-refractivity contribution < 1.29 is 0 Å². The molecule has 64 valence electrons. The van der Waals surface area contributed by atoms with Gasteiger partial charge in [0.2, 0.25) is 5.95 Å². The van der Waals surface area contributed by atoms with E-state index in [1.165, 1.54) is 6.20 Å². The highest BCUT2D eigenvalue weighted by atomic mass is 15.1. The number of anilines is 3. The lowest BCUT2D eigenvalue weighted by Gasteiger charge is -2.06. The Bertz CT molecular complexity index is 307. The minimum absolute atomic E-state index is 0.200. The molecule has 0 aliphatic carbocycles. The van der Waals surface area contributed by atoms with Crippen molar-refractivity contribution in [2.24, 2.45) is 0 Å². The van der Waals surface area contributed by atoms with Crippen molar-refractivity contribution in [3.63, 3.8) is 0 Å². The van der Waals surface area contributed by atoms with Crippen LogP contribution in [0.3, 0.4) is 0 Å². The number of aryl methyl sites for hydroxylation is 1. The first-order valence-electron chi connectivity index (χ1n) is 3.42. The highest BCUT2D eigenvalue weighted by Crippen LogP contribution is 2.18. The van der Waals surface area contributed by atoms with E-state index in [2.05, 4.69) is 21.9 Å². The first-order chi connectivity index (χ1) is 5.65. The molecule has 0 saturated carbocycles. The van der Waals surface area contributed by atoms with E-state index in [4.69, 9.17) is 11.5 Å². The van der Waals surface area contributed by atoms with E-state index in [0.29, 0.717) is 17.2 Å². The third-order valence-electron chi connectivity index (χ3n) is 1.39. The van der Waals surface area contributed by atoms with Crippen LogP contribution in [0.4, 0.5) is 17.5 Å². The van der Waals surface area contributed by atoms with Gasteiger partial charge in [0.25, 0.3) is 0 Å². The minimum Gasteiger partial charge on any atom is -0.394 e. The standard InChI is InChI=1S/C7H11N5/c1-3-10-6-5(8)4(2)11-7(9)12-6/h3H,1,8H2,2H3,(H3,9,10,11,12). The predicted octanol–water partition coefficient (Wildman–Crippen LogP) is 0.505. The van der Waals surface area contributed by atoms with Gasteiger partial charge < -0.3 is 16.8 Å². The number of nitrogens with one attached hydrogen (secondary N) is 1. The van der Waals surface area contributed by atoms with Crippen molar-refractivity contribution in [1.29, 1.82) is 0 Å². The normalized spacial score (nSPS) is 9.42. The Kier molecular flexibility index (Phi) is 2.14. The maximum atomic E-state index is 5.65. The fraction of sp³-hybridized carbons (Fsp3) is 0.143. The largest absolute Gasteiger partial charge is 0.394 e. The van der Waals surface area contributed by atoms with Gasteiger partial charge in [0.05, 0.1) is 11.4 Å². The fourth-order valence-corrected chi connectivity index (χ4v) is 0.810. The molecule has 0 saturated heterocycles. The Balaban J connectivity index is 3.17. The summed E-state index contributed by atoms with van der Waals surface area (Å²) in [5.41, 5.74) is 12.2. The minimum atomic E-state index is 0.200. The Hall–Kier alpha value is -1.78. The number of hydrogen-bond acceptors (Lipinski definition) is 5. The summed E-state index contributed by atoms with van der Waals surface area (Å²) < 4.78 is 0. The fourth-order valence-electron chi connectivity index (χ4n) is 0.810. The smallest absolute Gasteiger partial charge is 0.222 e. The summed E-state index contributed by atoms with van der Waals surface area (Å²) in [6.07, 6.45) is 1.48. The van der Waals surface area contributed by atoms with Crippen LogP contribution in [0.2, 0.25) is 0 Å². The molecule has 1 heterocycles. The van der Waals surface area contributed by atoms with Crippen LogP contribution in [-0.2, 0) is 0 Å². The summed E-state index contributed by atoms with van der Waals surface area (Å²) in [7, 11) is 0. The van der Waals surface area contributed by atoms with Gasteiger partial charge in [-0.3, -0.25) is 0 Å². The molecule has 0 bridgehead atoms. The maximum absolute atomic E-state index is 5.65. The van der Waals surface area contributed by atoms with Gasteiger partial charge >= 0.3 is 0 Å². The Morgan fingerprint density at radius 1 is 1.42 bits per heavy atom. The topological polar surface area (TPSA) is 89.8 Å². The van der Waals surface area contributed by atoms with Gasteiger partial charge in [0.1, 0.15) is 0 Å². The molecule has 5 N–H and O–H groups in total. The summed E-state index contributed by atoms with van der Waals surface area (Å²) in [5, 5.41) is 2.77. The van der Waals surface area contributed by atoms with Gasteiger partial charge in [-0.2, -0.15) is 4.98 Å². The van der Waals surface area contributed by atoms with Gasteiger partial charge in [0, 0.05) is 0 Å². The third kappa shape index (κ3) is 1.45. The van der Waals surface area contributed by atoms with Crippen LogP contribution in [0.25, 0.3) is 0 Å². The van der Waals surface area contributed by atoms with Crippen molar-refractivity contribution in [2.45, 2.75) is 6.92 Å². The summed E-state index contributed by atoms with van der Waals surface area (Å²) in [5.74, 6) is 0.695. The van der Waals surface area contributed by atoms with Crippen LogP contribution >= 0.6 is 0 Å². The Morgan fingerprint density at radius 3 is 2.67 bits per heavy atom. The molecule has 0 atom stereocenters. The highest BCUT2D eigenvalue weighted by Gasteiger charge is 2.04. The average molecular weight is 165 g/mol. The zero-order valence-electron chi connectivity index (χ0n) is 6.83. The van der Waals surface area contributed by atoms with Gasteiger partial charge in [-0.15, -0.1) is 0 Å². The second kappa shape index (κ2) is 3.08. The molecule has 0 aromatic carbocycles. The SMILES string of the molecule is C=CNc1nc(N)nc(C)c1N. The van der Waals surface area contributed by atoms with Gasteiger partial charge in [0.15, 0.2) is 5.82 Å². The maximum Gasteiger partial charge on any atom is 0.222 e. The number of aromatic nitrogens is 2. The monoisotopic (exact) mass is 165 g/mol. The van der Waals surface area contributed by atoms with E-state index < -0.39 is 0 Å². The van der Waals surface area contributed by atoms with E-state index in [0.717, 1.165) is 0 Å². The molecule has 12 heavy (non-hydrogen) atoms. The van der Waals surface area contributed by atoms with Gasteiger partial charge in [-0.25, -0.2) is 4.98 Å². The van der Waals surface area contributed by atoms with Crippen LogP contribution < -0.4 is 16.8 Å². The average Bonchev–Trinajstić information content (AvgIpc) is 2.00. The lowest BCUT2D eigenvalue weighted by Crippen LogP contribution is -2.05. The molecule has 0 fully saturated rings. The first-order valence-corrected chi connectivity index (χ1v) is 3.42. The number of nitrogens with zero attached hydrogens (tertiary/aromatic N) is 2. The zero-order valence-corrected chi connectivity index (χ0v) is 6.83. The Morgan fingerprint density at radius 2 is 2.08 bits per heavy atom. The molecule has 1 rings (SSSR count). The Labute approximate surface area is 70.5 Å². The molecule has 0 spiro atoms. The highest BCUT2D eigenvalue weighted by molar-refractivity contribution is 5.65. The molecule has 0 aliphatic heterocycles. The molecular weight excluding hydrogens is 154 g/mol. The van der Waals surface area contributed by atoms with Crippen molar-refractivity contribution in [1.82, 2.24) is 9.97 Å². The molecule has 5 heteroatoms. The number of nitrogen functional groups attached to an aromatic ring is 2. The van der Waals surface area contributed by atoms with Crippen molar-refractivity contribution in [3.05, 3.63) is 18.5 Å². The van der Waals surface area contributed by atoms with Crippen LogP contribution in [0.1, 0.15) is 5.69 Å². The predicted molar refractivity (Wildman–Crippen MR) is 49.4 cm³/mol. The number of nitrogens with two attached hydrogens (primary N) is 2. The summed E-state index contributed by atoms with van der Waals surface area (Å²) in [6, 6.07) is 0. The van der Waals surface area contributed by atoms with Crippen LogP contribution in [0.15, 0.2) is 12.8 Å². The molecule has 1 aromatic heterocycles. The van der Waals surface area contributed by atoms with Crippen LogP contribution in [0.5, 0.6) is 0 Å². The molecule has 0 unspecified atom stereocenters. The van der Waals surface area contributed by atoms with Crippen LogP contribution in [-0.4, -0.2) is 9.97 Å².